The van der Waals surface area contributed by atoms with Crippen molar-refractivity contribution in [3.8, 4) is 0 Å². The Labute approximate surface area is 119 Å². The summed E-state index contributed by atoms with van der Waals surface area (Å²) in [5.74, 6) is 0.251. The molecule has 8 heteroatoms. The molecule has 0 saturated carbocycles. The van der Waals surface area contributed by atoms with Crippen LogP contribution in [0.2, 0.25) is 0 Å². The van der Waals surface area contributed by atoms with Gasteiger partial charge in [0.25, 0.3) is 0 Å². The van der Waals surface area contributed by atoms with E-state index in [4.69, 9.17) is 5.11 Å². The summed E-state index contributed by atoms with van der Waals surface area (Å²) in [6.45, 7) is 2.29. The predicted molar refractivity (Wildman–Crippen MR) is 74.5 cm³/mol. The van der Waals surface area contributed by atoms with Gasteiger partial charge in [-0.15, -0.1) is 11.3 Å². The number of urea groups is 1. The van der Waals surface area contributed by atoms with Crippen LogP contribution in [0.4, 0.5) is 4.79 Å². The molecule has 1 aromatic rings. The van der Waals surface area contributed by atoms with E-state index in [1.807, 2.05) is 12.3 Å². The Balaban J connectivity index is 2.00. The predicted octanol–water partition coefficient (Wildman–Crippen LogP) is 1.42. The highest BCUT2D eigenvalue weighted by Crippen LogP contribution is 2.19. The van der Waals surface area contributed by atoms with Gasteiger partial charge in [-0.2, -0.15) is 11.8 Å². The molecule has 1 aliphatic rings. The number of carboxylic acids is 1. The third-order valence-electron chi connectivity index (χ3n) is 2.84. The zero-order valence-corrected chi connectivity index (χ0v) is 12.0. The lowest BCUT2D eigenvalue weighted by molar-refractivity contribution is -0.141. The highest BCUT2D eigenvalue weighted by molar-refractivity contribution is 7.99. The second-order valence-corrected chi connectivity index (χ2v) is 6.24. The van der Waals surface area contributed by atoms with Crippen LogP contribution in [-0.2, 0) is 4.79 Å². The number of thioether (sulfide) groups is 1. The topological polar surface area (TPSA) is 82.5 Å². The summed E-state index contributed by atoms with van der Waals surface area (Å²) in [5.41, 5.74) is 0. The van der Waals surface area contributed by atoms with Crippen molar-refractivity contribution in [1.29, 1.82) is 0 Å². The number of nitrogens with one attached hydrogen (secondary N) is 1. The number of thiazole rings is 1. The molecular formula is C11H15N3O3S2. The van der Waals surface area contributed by atoms with Gasteiger partial charge in [0.2, 0.25) is 0 Å². The molecule has 1 fully saturated rings. The van der Waals surface area contributed by atoms with Crippen molar-refractivity contribution in [3.63, 3.8) is 0 Å². The summed E-state index contributed by atoms with van der Waals surface area (Å²) in [6, 6.07) is -1.30. The van der Waals surface area contributed by atoms with E-state index in [-0.39, 0.29) is 12.1 Å². The minimum absolute atomic E-state index is 0.212. The van der Waals surface area contributed by atoms with Gasteiger partial charge in [-0.3, -0.25) is 0 Å². The van der Waals surface area contributed by atoms with Crippen LogP contribution in [0, 0.1) is 0 Å². The first-order chi connectivity index (χ1) is 9.09. The molecule has 1 saturated heterocycles. The van der Waals surface area contributed by atoms with Crippen LogP contribution >= 0.6 is 23.1 Å². The van der Waals surface area contributed by atoms with E-state index in [0.29, 0.717) is 12.3 Å². The highest BCUT2D eigenvalue weighted by Gasteiger charge is 2.33. The van der Waals surface area contributed by atoms with E-state index in [2.05, 4.69) is 10.3 Å². The van der Waals surface area contributed by atoms with Gasteiger partial charge in [0.15, 0.2) is 0 Å². The number of hydrogen-bond donors (Lipinski definition) is 2. The summed E-state index contributed by atoms with van der Waals surface area (Å²) in [5, 5.41) is 14.6. The number of hydrogen-bond acceptors (Lipinski definition) is 5. The average Bonchev–Trinajstić information content (AvgIpc) is 2.92. The molecule has 0 radical (unpaired) electrons. The first-order valence-corrected chi connectivity index (χ1v) is 7.90. The molecule has 0 spiro atoms. The van der Waals surface area contributed by atoms with Crippen molar-refractivity contribution >= 4 is 35.1 Å². The fourth-order valence-electron chi connectivity index (χ4n) is 1.83. The fourth-order valence-corrected chi connectivity index (χ4v) is 3.51. The molecule has 104 valence electrons. The number of aliphatic carboxylic acids is 1. The maximum Gasteiger partial charge on any atom is 0.327 e. The number of amides is 2. The summed E-state index contributed by atoms with van der Waals surface area (Å²) >= 11 is 3.02. The lowest BCUT2D eigenvalue weighted by atomic mass is 10.3. The van der Waals surface area contributed by atoms with E-state index >= 15 is 0 Å². The second kappa shape index (κ2) is 6.25. The summed E-state index contributed by atoms with van der Waals surface area (Å²) in [4.78, 5) is 28.8. The van der Waals surface area contributed by atoms with Gasteiger partial charge in [0, 0.05) is 29.6 Å². The smallest absolute Gasteiger partial charge is 0.327 e. The number of carbonyl (C=O) groups is 2. The zero-order valence-electron chi connectivity index (χ0n) is 10.4. The quantitative estimate of drug-likeness (QED) is 0.882. The molecule has 2 heterocycles. The lowest BCUT2D eigenvalue weighted by Gasteiger charge is -2.33. The molecular weight excluding hydrogens is 286 g/mol. The summed E-state index contributed by atoms with van der Waals surface area (Å²) in [7, 11) is 0. The van der Waals surface area contributed by atoms with Crippen molar-refractivity contribution < 1.29 is 14.7 Å². The molecule has 19 heavy (non-hydrogen) atoms. The molecule has 2 amide bonds. The van der Waals surface area contributed by atoms with Gasteiger partial charge in [-0.25, -0.2) is 14.6 Å². The molecule has 1 aromatic heterocycles. The fraction of sp³-hybridized carbons (Fsp3) is 0.545. The van der Waals surface area contributed by atoms with Gasteiger partial charge in [0.1, 0.15) is 11.0 Å². The van der Waals surface area contributed by atoms with Gasteiger partial charge < -0.3 is 15.3 Å². The van der Waals surface area contributed by atoms with E-state index in [9.17, 15) is 9.59 Å². The SMILES string of the molecule is CC(NC(=O)N1CCSCC1C(=O)O)c1nccs1. The summed E-state index contributed by atoms with van der Waals surface area (Å²) in [6.07, 6.45) is 1.68. The van der Waals surface area contributed by atoms with E-state index in [1.54, 1.807) is 18.0 Å². The first-order valence-electron chi connectivity index (χ1n) is 5.86. The van der Waals surface area contributed by atoms with Crippen molar-refractivity contribution in [1.82, 2.24) is 15.2 Å². The number of rotatable bonds is 3. The standard InChI is InChI=1S/C11H15N3O3S2/c1-7(9-12-2-4-19-9)13-11(17)14-3-5-18-6-8(14)10(15)16/h2,4,7-8H,3,5-6H2,1H3,(H,13,17)(H,15,16). The van der Waals surface area contributed by atoms with Crippen LogP contribution < -0.4 is 5.32 Å². The second-order valence-electron chi connectivity index (χ2n) is 4.16. The minimum Gasteiger partial charge on any atom is -0.480 e. The largest absolute Gasteiger partial charge is 0.480 e. The Morgan fingerprint density at radius 1 is 1.63 bits per heavy atom. The van der Waals surface area contributed by atoms with E-state index in [0.717, 1.165) is 10.8 Å². The normalized spacial score (nSPS) is 20.9. The Hall–Kier alpha value is -1.28. The third kappa shape index (κ3) is 3.38. The molecule has 2 rings (SSSR count). The van der Waals surface area contributed by atoms with E-state index in [1.165, 1.54) is 16.2 Å². The maximum atomic E-state index is 12.1. The Bertz CT molecular complexity index is 452. The van der Waals surface area contributed by atoms with Gasteiger partial charge in [-0.1, -0.05) is 0 Å². The van der Waals surface area contributed by atoms with Crippen molar-refractivity contribution in [3.05, 3.63) is 16.6 Å². The van der Waals surface area contributed by atoms with Crippen LogP contribution in [0.25, 0.3) is 0 Å². The summed E-state index contributed by atoms with van der Waals surface area (Å²) < 4.78 is 0. The molecule has 2 unspecified atom stereocenters. The number of nitrogens with zero attached hydrogens (tertiary/aromatic N) is 2. The van der Waals surface area contributed by atoms with Gasteiger partial charge in [0.05, 0.1) is 6.04 Å². The van der Waals surface area contributed by atoms with Crippen LogP contribution in [0.1, 0.15) is 18.0 Å². The number of aromatic nitrogens is 1. The van der Waals surface area contributed by atoms with Crippen LogP contribution in [0.3, 0.4) is 0 Å². The minimum atomic E-state index is -0.954. The number of carboxylic acid groups (broad SMARTS) is 1. The molecule has 6 nitrogen and oxygen atoms in total. The van der Waals surface area contributed by atoms with Gasteiger partial charge >= 0.3 is 12.0 Å². The Morgan fingerprint density at radius 2 is 2.42 bits per heavy atom. The zero-order chi connectivity index (χ0) is 13.8. The number of carbonyl (C=O) groups excluding carboxylic acids is 1. The molecule has 0 aromatic carbocycles. The Morgan fingerprint density at radius 3 is 3.05 bits per heavy atom. The maximum absolute atomic E-state index is 12.1. The molecule has 2 atom stereocenters. The molecule has 1 aliphatic heterocycles. The molecule has 2 N–H and O–H groups in total. The lowest BCUT2D eigenvalue weighted by Crippen LogP contribution is -2.54. The van der Waals surface area contributed by atoms with Crippen molar-refractivity contribution in [2.75, 3.05) is 18.1 Å². The van der Waals surface area contributed by atoms with Crippen LogP contribution in [0.15, 0.2) is 11.6 Å². The third-order valence-corrected chi connectivity index (χ3v) is 4.82. The van der Waals surface area contributed by atoms with Crippen molar-refractivity contribution in [2.24, 2.45) is 0 Å². The monoisotopic (exact) mass is 301 g/mol. The van der Waals surface area contributed by atoms with Crippen LogP contribution in [-0.4, -0.2) is 51.1 Å². The molecule has 0 bridgehead atoms. The average molecular weight is 301 g/mol. The Kier molecular flexibility index (Phi) is 4.65. The van der Waals surface area contributed by atoms with E-state index < -0.39 is 12.0 Å². The van der Waals surface area contributed by atoms with Gasteiger partial charge in [-0.05, 0) is 6.92 Å². The highest BCUT2D eigenvalue weighted by atomic mass is 32.2. The van der Waals surface area contributed by atoms with Crippen molar-refractivity contribution in [2.45, 2.75) is 19.0 Å². The molecule has 0 aliphatic carbocycles. The first kappa shape index (κ1) is 14.1. The van der Waals surface area contributed by atoms with Crippen LogP contribution in [0.5, 0.6) is 0 Å².